The Morgan fingerprint density at radius 3 is 2.68 bits per heavy atom. The van der Waals surface area contributed by atoms with Gasteiger partial charge in [-0.05, 0) is 33.2 Å². The number of rotatable bonds is 9. The van der Waals surface area contributed by atoms with Crippen molar-refractivity contribution < 1.29 is 17.9 Å². The van der Waals surface area contributed by atoms with Crippen LogP contribution in [0, 0.1) is 0 Å². The van der Waals surface area contributed by atoms with Crippen LogP contribution in [0.5, 0.6) is 0 Å². The minimum Gasteiger partial charge on any atom is -0.383 e. The van der Waals surface area contributed by atoms with Gasteiger partial charge in [0, 0.05) is 13.7 Å². The van der Waals surface area contributed by atoms with Crippen LogP contribution < -0.4 is 10.0 Å². The molecule has 0 bridgehead atoms. The van der Waals surface area contributed by atoms with E-state index in [9.17, 15) is 8.42 Å². The molecule has 2 N–H and O–H groups in total. The van der Waals surface area contributed by atoms with Gasteiger partial charge in [-0.25, -0.2) is 13.1 Å². The van der Waals surface area contributed by atoms with E-state index < -0.39 is 10.0 Å². The van der Waals surface area contributed by atoms with E-state index in [2.05, 4.69) is 10.0 Å². The first-order valence-corrected chi connectivity index (χ1v) is 8.37. The highest BCUT2D eigenvalue weighted by atomic mass is 32.2. The zero-order valence-corrected chi connectivity index (χ0v) is 12.9. The minimum absolute atomic E-state index is 0.00571. The number of ether oxygens (including phenoxy) is 2. The Hall–Kier alpha value is -0.210. The number of hydrogen-bond donors (Lipinski definition) is 2. The normalized spacial score (nSPS) is 24.2. The molecule has 1 atom stereocenters. The molecule has 0 amide bonds. The van der Waals surface area contributed by atoms with Crippen LogP contribution in [0.4, 0.5) is 0 Å². The molecule has 19 heavy (non-hydrogen) atoms. The van der Waals surface area contributed by atoms with Crippen molar-refractivity contribution in [3.05, 3.63) is 0 Å². The van der Waals surface area contributed by atoms with Crippen molar-refractivity contribution in [2.24, 2.45) is 0 Å². The number of nitrogens with one attached hydrogen (secondary N) is 2. The first kappa shape index (κ1) is 16.8. The summed E-state index contributed by atoms with van der Waals surface area (Å²) in [4.78, 5) is 0. The summed E-state index contributed by atoms with van der Waals surface area (Å²) < 4.78 is 36.8. The molecule has 0 saturated carbocycles. The highest BCUT2D eigenvalue weighted by Crippen LogP contribution is 2.19. The minimum atomic E-state index is -3.29. The van der Waals surface area contributed by atoms with Crippen LogP contribution in [0.1, 0.15) is 26.7 Å². The van der Waals surface area contributed by atoms with Gasteiger partial charge in [-0.1, -0.05) is 0 Å². The van der Waals surface area contributed by atoms with Crippen LogP contribution in [-0.4, -0.2) is 59.2 Å². The van der Waals surface area contributed by atoms with E-state index in [1.54, 1.807) is 7.11 Å². The summed E-state index contributed by atoms with van der Waals surface area (Å²) in [6.07, 6.45) is 2.01. The Morgan fingerprint density at radius 2 is 2.16 bits per heavy atom. The fourth-order valence-electron chi connectivity index (χ4n) is 2.18. The second-order valence-corrected chi connectivity index (χ2v) is 7.23. The van der Waals surface area contributed by atoms with Crippen molar-refractivity contribution in [3.8, 4) is 0 Å². The van der Waals surface area contributed by atoms with E-state index in [1.807, 2.05) is 13.8 Å². The molecule has 0 radical (unpaired) electrons. The van der Waals surface area contributed by atoms with Gasteiger partial charge in [0.2, 0.25) is 10.0 Å². The largest absolute Gasteiger partial charge is 0.383 e. The Morgan fingerprint density at radius 1 is 1.42 bits per heavy atom. The first-order valence-electron chi connectivity index (χ1n) is 6.72. The average Bonchev–Trinajstić information content (AvgIpc) is 2.76. The second-order valence-electron chi connectivity index (χ2n) is 5.30. The monoisotopic (exact) mass is 294 g/mol. The van der Waals surface area contributed by atoms with Gasteiger partial charge in [0.25, 0.3) is 0 Å². The van der Waals surface area contributed by atoms with Gasteiger partial charge >= 0.3 is 0 Å². The lowest BCUT2D eigenvalue weighted by atomic mass is 9.99. The molecule has 0 spiro atoms. The van der Waals surface area contributed by atoms with E-state index in [0.29, 0.717) is 13.2 Å². The van der Waals surface area contributed by atoms with Crippen molar-refractivity contribution in [1.82, 2.24) is 10.0 Å². The lowest BCUT2D eigenvalue weighted by Crippen LogP contribution is -2.53. The molecule has 1 fully saturated rings. The zero-order chi connectivity index (χ0) is 14.4. The molecule has 0 aromatic rings. The summed E-state index contributed by atoms with van der Waals surface area (Å²) in [6.45, 7) is 5.77. The molecule has 7 heteroatoms. The van der Waals surface area contributed by atoms with Crippen LogP contribution in [0.25, 0.3) is 0 Å². The summed E-state index contributed by atoms with van der Waals surface area (Å²) in [5, 5.41) is 3.33. The van der Waals surface area contributed by atoms with Gasteiger partial charge < -0.3 is 14.8 Å². The van der Waals surface area contributed by atoms with Crippen LogP contribution in [0.2, 0.25) is 0 Å². The third kappa shape index (κ3) is 6.18. The van der Waals surface area contributed by atoms with E-state index in [-0.39, 0.29) is 24.0 Å². The standard InChI is InChI=1S/C12H26N2O4S/c1-11(2)18-7-8-19(15,16)14-9-12(10-17-3)5-4-6-13-12/h11,13-14H,4-10H2,1-3H3. The van der Waals surface area contributed by atoms with Crippen LogP contribution in [0.15, 0.2) is 0 Å². The van der Waals surface area contributed by atoms with Gasteiger partial charge in [-0.3, -0.25) is 0 Å². The molecule has 114 valence electrons. The molecule has 1 aliphatic heterocycles. The molecule has 1 heterocycles. The van der Waals surface area contributed by atoms with Crippen LogP contribution in [0.3, 0.4) is 0 Å². The number of sulfonamides is 1. The van der Waals surface area contributed by atoms with Crippen LogP contribution >= 0.6 is 0 Å². The molecular formula is C12H26N2O4S. The fraction of sp³-hybridized carbons (Fsp3) is 1.00. The quantitative estimate of drug-likeness (QED) is 0.631. The van der Waals surface area contributed by atoms with Crippen molar-refractivity contribution in [3.63, 3.8) is 0 Å². The Labute approximate surface area is 116 Å². The maximum Gasteiger partial charge on any atom is 0.213 e. The molecule has 1 aliphatic rings. The Kier molecular flexibility index (Phi) is 6.68. The molecule has 0 aromatic carbocycles. The summed E-state index contributed by atoms with van der Waals surface area (Å²) >= 11 is 0. The van der Waals surface area contributed by atoms with Gasteiger partial charge in [0.05, 0.1) is 30.6 Å². The lowest BCUT2D eigenvalue weighted by molar-refractivity contribution is 0.0910. The lowest BCUT2D eigenvalue weighted by Gasteiger charge is -2.28. The molecule has 0 aromatic heterocycles. The third-order valence-electron chi connectivity index (χ3n) is 3.19. The number of methoxy groups -OCH3 is 1. The topological polar surface area (TPSA) is 76.7 Å². The van der Waals surface area contributed by atoms with Gasteiger partial charge in [0.1, 0.15) is 0 Å². The maximum atomic E-state index is 11.9. The highest BCUT2D eigenvalue weighted by Gasteiger charge is 2.34. The summed E-state index contributed by atoms with van der Waals surface area (Å²) in [6, 6.07) is 0. The molecule has 1 rings (SSSR count). The van der Waals surface area contributed by atoms with Gasteiger partial charge in [-0.15, -0.1) is 0 Å². The molecular weight excluding hydrogens is 268 g/mol. The number of hydrogen-bond acceptors (Lipinski definition) is 5. The van der Waals surface area contributed by atoms with E-state index in [0.717, 1.165) is 19.4 Å². The fourth-order valence-corrected chi connectivity index (χ4v) is 3.14. The summed E-state index contributed by atoms with van der Waals surface area (Å²) in [7, 11) is -1.66. The average molecular weight is 294 g/mol. The zero-order valence-electron chi connectivity index (χ0n) is 12.1. The van der Waals surface area contributed by atoms with Crippen molar-refractivity contribution >= 4 is 10.0 Å². The first-order chi connectivity index (χ1) is 8.89. The smallest absolute Gasteiger partial charge is 0.213 e. The predicted octanol–water partition coefficient (Wildman–Crippen LogP) is 0.0994. The predicted molar refractivity (Wildman–Crippen MR) is 74.7 cm³/mol. The molecule has 6 nitrogen and oxygen atoms in total. The second kappa shape index (κ2) is 7.54. The van der Waals surface area contributed by atoms with Crippen molar-refractivity contribution in [2.45, 2.75) is 38.3 Å². The van der Waals surface area contributed by atoms with Crippen molar-refractivity contribution in [1.29, 1.82) is 0 Å². The Balaban J connectivity index is 2.40. The SMILES string of the molecule is COCC1(CNS(=O)(=O)CCOC(C)C)CCCN1. The third-order valence-corrected chi connectivity index (χ3v) is 4.47. The molecule has 1 unspecified atom stereocenters. The van der Waals surface area contributed by atoms with Gasteiger partial charge in [0.15, 0.2) is 0 Å². The summed E-state index contributed by atoms with van der Waals surface area (Å²) in [5.41, 5.74) is -0.263. The van der Waals surface area contributed by atoms with Gasteiger partial charge in [-0.2, -0.15) is 0 Å². The van der Waals surface area contributed by atoms with E-state index in [1.165, 1.54) is 0 Å². The summed E-state index contributed by atoms with van der Waals surface area (Å²) in [5.74, 6) is -0.00571. The molecule has 1 saturated heterocycles. The van der Waals surface area contributed by atoms with Crippen molar-refractivity contribution in [2.75, 3.05) is 39.2 Å². The van der Waals surface area contributed by atoms with Crippen LogP contribution in [-0.2, 0) is 19.5 Å². The van der Waals surface area contributed by atoms with E-state index in [4.69, 9.17) is 9.47 Å². The highest BCUT2D eigenvalue weighted by molar-refractivity contribution is 7.89. The van der Waals surface area contributed by atoms with E-state index >= 15 is 0 Å². The Bertz CT molecular complexity index is 351. The molecule has 0 aliphatic carbocycles. The maximum absolute atomic E-state index is 11.9.